The van der Waals surface area contributed by atoms with Crippen molar-refractivity contribution in [1.29, 1.82) is 0 Å². The van der Waals surface area contributed by atoms with Gasteiger partial charge in [0.25, 0.3) is 0 Å². The van der Waals surface area contributed by atoms with Crippen LogP contribution in [0.25, 0.3) is 0 Å². The average molecular weight is 206 g/mol. The highest BCUT2D eigenvalue weighted by Crippen LogP contribution is 2.25. The fraction of sp³-hybridized carbons (Fsp3) is 0.857. The van der Waals surface area contributed by atoms with Crippen LogP contribution in [0.4, 0.5) is 0 Å². The van der Waals surface area contributed by atoms with E-state index in [4.69, 9.17) is 0 Å². The molecule has 0 atom stereocenters. The Morgan fingerprint density at radius 3 is 2.70 bits per heavy atom. The monoisotopic (exact) mass is 205 g/mol. The largest absolute Gasteiger partial charge is 0.343 e. The molecule has 2 nitrogen and oxygen atoms in total. The van der Waals surface area contributed by atoms with Gasteiger partial charge in [0.2, 0.25) is 5.91 Å². The van der Waals surface area contributed by atoms with Crippen molar-refractivity contribution in [2.75, 3.05) is 12.4 Å². The number of hydrogen-bond acceptors (Lipinski definition) is 1. The highest BCUT2D eigenvalue weighted by atomic mass is 79.9. The quantitative estimate of drug-likeness (QED) is 0.639. The summed E-state index contributed by atoms with van der Waals surface area (Å²) in [5.74, 6) is 0.263. The van der Waals surface area contributed by atoms with Crippen LogP contribution in [-0.2, 0) is 4.79 Å². The molecule has 0 bridgehead atoms. The van der Waals surface area contributed by atoms with Crippen LogP contribution in [0.1, 0.15) is 19.3 Å². The molecule has 58 valence electrons. The van der Waals surface area contributed by atoms with E-state index in [1.165, 1.54) is 12.8 Å². The van der Waals surface area contributed by atoms with E-state index >= 15 is 0 Å². The van der Waals surface area contributed by atoms with E-state index in [1.807, 2.05) is 11.9 Å². The van der Waals surface area contributed by atoms with Crippen molar-refractivity contribution < 1.29 is 4.79 Å². The van der Waals surface area contributed by atoms with Crippen LogP contribution in [0.15, 0.2) is 0 Å². The van der Waals surface area contributed by atoms with Crippen molar-refractivity contribution in [3.63, 3.8) is 0 Å². The minimum Gasteiger partial charge on any atom is -0.343 e. The molecule has 0 N–H and O–H groups in total. The van der Waals surface area contributed by atoms with Gasteiger partial charge in [-0.25, -0.2) is 0 Å². The molecule has 0 spiro atoms. The molecule has 0 unspecified atom stereocenters. The molecule has 1 amide bonds. The normalized spacial score (nSPS) is 17.0. The van der Waals surface area contributed by atoms with Crippen molar-refractivity contribution in [3.05, 3.63) is 0 Å². The summed E-state index contributed by atoms with van der Waals surface area (Å²) >= 11 is 3.24. The van der Waals surface area contributed by atoms with E-state index < -0.39 is 0 Å². The number of alkyl halides is 1. The summed E-state index contributed by atoms with van der Waals surface area (Å²) in [5.41, 5.74) is 0. The summed E-state index contributed by atoms with van der Waals surface area (Å²) in [7, 11) is 1.89. The van der Waals surface area contributed by atoms with Crippen LogP contribution in [0.3, 0.4) is 0 Å². The fourth-order valence-corrected chi connectivity index (χ4v) is 1.26. The summed E-state index contributed by atoms with van der Waals surface area (Å²) < 4.78 is 0. The Labute approximate surface area is 69.7 Å². The summed E-state index contributed by atoms with van der Waals surface area (Å²) in [6, 6.07) is 0.562. The van der Waals surface area contributed by atoms with E-state index in [0.717, 1.165) is 5.33 Å². The third-order valence-electron chi connectivity index (χ3n) is 1.80. The van der Waals surface area contributed by atoms with Crippen LogP contribution < -0.4 is 0 Å². The predicted molar refractivity (Wildman–Crippen MR) is 44.2 cm³/mol. The van der Waals surface area contributed by atoms with Gasteiger partial charge < -0.3 is 4.90 Å². The van der Waals surface area contributed by atoms with E-state index in [0.29, 0.717) is 12.5 Å². The Kier molecular flexibility index (Phi) is 2.72. The highest BCUT2D eigenvalue weighted by molar-refractivity contribution is 9.09. The second-order valence-corrected chi connectivity index (χ2v) is 3.47. The third-order valence-corrected chi connectivity index (χ3v) is 2.19. The molecule has 1 aliphatic rings. The number of hydrogen-bond donors (Lipinski definition) is 0. The SMILES string of the molecule is CN(C(=O)CCBr)C1CC1. The van der Waals surface area contributed by atoms with Crippen molar-refractivity contribution in [2.45, 2.75) is 25.3 Å². The van der Waals surface area contributed by atoms with Gasteiger partial charge in [-0.3, -0.25) is 4.79 Å². The summed E-state index contributed by atoms with van der Waals surface area (Å²) in [4.78, 5) is 13.0. The summed E-state index contributed by atoms with van der Waals surface area (Å²) in [6.45, 7) is 0. The molecule has 0 saturated heterocycles. The van der Waals surface area contributed by atoms with E-state index in [9.17, 15) is 4.79 Å². The number of rotatable bonds is 3. The van der Waals surface area contributed by atoms with Gasteiger partial charge in [-0.2, -0.15) is 0 Å². The Balaban J connectivity index is 2.24. The molecule has 10 heavy (non-hydrogen) atoms. The molecule has 0 aliphatic heterocycles. The molecule has 1 saturated carbocycles. The van der Waals surface area contributed by atoms with Crippen molar-refractivity contribution in [3.8, 4) is 0 Å². The minimum absolute atomic E-state index is 0.263. The van der Waals surface area contributed by atoms with Gasteiger partial charge in [0, 0.05) is 24.8 Å². The first-order chi connectivity index (χ1) is 4.75. The van der Waals surface area contributed by atoms with Gasteiger partial charge in [-0.05, 0) is 12.8 Å². The first kappa shape index (κ1) is 8.05. The van der Waals surface area contributed by atoms with Crippen LogP contribution in [-0.4, -0.2) is 29.2 Å². The lowest BCUT2D eigenvalue weighted by Crippen LogP contribution is -2.28. The zero-order valence-corrected chi connectivity index (χ0v) is 7.73. The molecular formula is C7H12BrNO. The fourth-order valence-electron chi connectivity index (χ4n) is 0.923. The zero-order valence-electron chi connectivity index (χ0n) is 6.14. The van der Waals surface area contributed by atoms with E-state index in [2.05, 4.69) is 15.9 Å². The lowest BCUT2D eigenvalue weighted by Gasteiger charge is -2.14. The second kappa shape index (κ2) is 3.37. The summed E-state index contributed by atoms with van der Waals surface area (Å²) in [6.07, 6.45) is 3.03. The van der Waals surface area contributed by atoms with E-state index in [-0.39, 0.29) is 5.91 Å². The highest BCUT2D eigenvalue weighted by Gasteiger charge is 2.28. The Morgan fingerprint density at radius 2 is 2.30 bits per heavy atom. The van der Waals surface area contributed by atoms with Crippen LogP contribution in [0.5, 0.6) is 0 Å². The number of nitrogens with zero attached hydrogens (tertiary/aromatic N) is 1. The van der Waals surface area contributed by atoms with Crippen LogP contribution >= 0.6 is 15.9 Å². The first-order valence-corrected chi connectivity index (χ1v) is 4.69. The number of carbonyl (C=O) groups is 1. The maximum Gasteiger partial charge on any atom is 0.223 e. The van der Waals surface area contributed by atoms with E-state index in [1.54, 1.807) is 0 Å². The number of amides is 1. The van der Waals surface area contributed by atoms with Gasteiger partial charge >= 0.3 is 0 Å². The maximum atomic E-state index is 11.1. The molecule has 0 aromatic rings. The third kappa shape index (κ3) is 1.97. The molecule has 0 radical (unpaired) electrons. The predicted octanol–water partition coefficient (Wildman–Crippen LogP) is 1.39. The Hall–Kier alpha value is -0.0500. The Morgan fingerprint density at radius 1 is 1.70 bits per heavy atom. The second-order valence-electron chi connectivity index (χ2n) is 2.67. The first-order valence-electron chi connectivity index (χ1n) is 3.57. The lowest BCUT2D eigenvalue weighted by atomic mass is 10.4. The molecule has 0 aromatic carbocycles. The molecule has 3 heteroatoms. The molecular weight excluding hydrogens is 194 g/mol. The molecule has 1 fully saturated rings. The zero-order chi connectivity index (χ0) is 7.56. The van der Waals surface area contributed by atoms with Crippen LogP contribution in [0.2, 0.25) is 0 Å². The molecule has 0 aromatic heterocycles. The van der Waals surface area contributed by atoms with Gasteiger partial charge in [0.15, 0.2) is 0 Å². The average Bonchev–Trinajstić information content (AvgIpc) is 2.68. The van der Waals surface area contributed by atoms with Gasteiger partial charge in [-0.15, -0.1) is 0 Å². The minimum atomic E-state index is 0.263. The Bertz CT molecular complexity index is 134. The number of carbonyl (C=O) groups excluding carboxylic acids is 1. The van der Waals surface area contributed by atoms with Gasteiger partial charge in [0.05, 0.1) is 0 Å². The van der Waals surface area contributed by atoms with Gasteiger partial charge in [0.1, 0.15) is 0 Å². The van der Waals surface area contributed by atoms with Crippen LogP contribution in [0, 0.1) is 0 Å². The molecule has 0 heterocycles. The molecule has 1 rings (SSSR count). The van der Waals surface area contributed by atoms with Crippen molar-refractivity contribution >= 4 is 21.8 Å². The topological polar surface area (TPSA) is 20.3 Å². The number of halogens is 1. The molecule has 1 aliphatic carbocycles. The smallest absolute Gasteiger partial charge is 0.223 e. The summed E-state index contributed by atoms with van der Waals surface area (Å²) in [5, 5.41) is 0.781. The van der Waals surface area contributed by atoms with Crippen molar-refractivity contribution in [1.82, 2.24) is 4.90 Å². The standard InChI is InChI=1S/C7H12BrNO/c1-9(6-2-3-6)7(10)4-5-8/h6H,2-5H2,1H3. The van der Waals surface area contributed by atoms with Gasteiger partial charge in [-0.1, -0.05) is 15.9 Å². The lowest BCUT2D eigenvalue weighted by molar-refractivity contribution is -0.129. The van der Waals surface area contributed by atoms with Crippen molar-refractivity contribution in [2.24, 2.45) is 0 Å². The maximum absolute atomic E-state index is 11.1.